The maximum atomic E-state index is 13.3. The van der Waals surface area contributed by atoms with Crippen LogP contribution in [0.1, 0.15) is 35.8 Å². The molecule has 0 radical (unpaired) electrons. The number of nitrogens with zero attached hydrogens (tertiary/aromatic N) is 2. The quantitative estimate of drug-likeness (QED) is 0.452. The van der Waals surface area contributed by atoms with Gasteiger partial charge in [0.2, 0.25) is 5.91 Å². The molecule has 3 aromatic rings. The summed E-state index contributed by atoms with van der Waals surface area (Å²) >= 11 is 0. The van der Waals surface area contributed by atoms with Crippen LogP contribution in [0.2, 0.25) is 0 Å². The Morgan fingerprint density at radius 2 is 1.70 bits per heavy atom. The standard InChI is InChI=1S/C27H33N3O3/c1-4-16-30(27(32)28-25-14-8-10-21(2)22(25)3)20-26(31)29(19-24-13-9-18-33-24)17-15-23-11-6-5-7-12-23/h5-14,18H,4,15-17,19-20H2,1-3H3,(H,28,32). The average molecular weight is 448 g/mol. The van der Waals surface area contributed by atoms with Crippen LogP contribution < -0.4 is 5.32 Å². The number of nitrogens with one attached hydrogen (secondary N) is 1. The van der Waals surface area contributed by atoms with Gasteiger partial charge in [-0.05, 0) is 61.6 Å². The maximum absolute atomic E-state index is 13.3. The van der Waals surface area contributed by atoms with Crippen LogP contribution in [0.25, 0.3) is 0 Å². The van der Waals surface area contributed by atoms with Crippen molar-refractivity contribution in [1.82, 2.24) is 9.80 Å². The van der Waals surface area contributed by atoms with Gasteiger partial charge in [0.05, 0.1) is 12.8 Å². The zero-order valence-electron chi connectivity index (χ0n) is 19.7. The third-order valence-electron chi connectivity index (χ3n) is 5.75. The van der Waals surface area contributed by atoms with Crippen LogP contribution in [0.5, 0.6) is 0 Å². The van der Waals surface area contributed by atoms with E-state index in [1.54, 1.807) is 16.1 Å². The molecular formula is C27H33N3O3. The van der Waals surface area contributed by atoms with E-state index in [2.05, 4.69) is 17.4 Å². The lowest BCUT2D eigenvalue weighted by Gasteiger charge is -2.27. The minimum atomic E-state index is -0.264. The summed E-state index contributed by atoms with van der Waals surface area (Å²) in [7, 11) is 0. The molecule has 1 heterocycles. The Hall–Kier alpha value is -3.54. The van der Waals surface area contributed by atoms with E-state index in [9.17, 15) is 9.59 Å². The topological polar surface area (TPSA) is 65.8 Å². The van der Waals surface area contributed by atoms with Gasteiger partial charge >= 0.3 is 6.03 Å². The van der Waals surface area contributed by atoms with E-state index >= 15 is 0 Å². The first-order valence-corrected chi connectivity index (χ1v) is 11.4. The fraction of sp³-hybridized carbons (Fsp3) is 0.333. The molecular weight excluding hydrogens is 414 g/mol. The fourth-order valence-electron chi connectivity index (χ4n) is 3.66. The summed E-state index contributed by atoms with van der Waals surface area (Å²) in [5.41, 5.74) is 4.06. The van der Waals surface area contributed by atoms with Gasteiger partial charge in [0.25, 0.3) is 0 Å². The Balaban J connectivity index is 1.70. The van der Waals surface area contributed by atoms with Crippen molar-refractivity contribution < 1.29 is 14.0 Å². The number of carbonyl (C=O) groups is 2. The Morgan fingerprint density at radius 1 is 0.909 bits per heavy atom. The summed E-state index contributed by atoms with van der Waals surface area (Å²) in [6.45, 7) is 7.42. The molecule has 0 fully saturated rings. The lowest BCUT2D eigenvalue weighted by molar-refractivity contribution is -0.132. The van der Waals surface area contributed by atoms with Crippen molar-refractivity contribution in [2.75, 3.05) is 25.0 Å². The average Bonchev–Trinajstić information content (AvgIpc) is 3.33. The smallest absolute Gasteiger partial charge is 0.322 e. The van der Waals surface area contributed by atoms with Crippen molar-refractivity contribution in [2.45, 2.75) is 40.2 Å². The van der Waals surface area contributed by atoms with Gasteiger partial charge in [-0.25, -0.2) is 4.79 Å². The molecule has 0 bridgehead atoms. The largest absolute Gasteiger partial charge is 0.467 e. The van der Waals surface area contributed by atoms with Crippen LogP contribution >= 0.6 is 0 Å². The highest BCUT2D eigenvalue weighted by molar-refractivity contribution is 5.93. The number of benzene rings is 2. The van der Waals surface area contributed by atoms with Crippen LogP contribution in [0, 0.1) is 13.8 Å². The van der Waals surface area contributed by atoms with Crippen molar-refractivity contribution >= 4 is 17.6 Å². The molecule has 0 unspecified atom stereocenters. The van der Waals surface area contributed by atoms with Gasteiger partial charge in [-0.2, -0.15) is 0 Å². The summed E-state index contributed by atoms with van der Waals surface area (Å²) in [5.74, 6) is 0.616. The molecule has 33 heavy (non-hydrogen) atoms. The van der Waals surface area contributed by atoms with Crippen LogP contribution in [0.15, 0.2) is 71.3 Å². The van der Waals surface area contributed by atoms with E-state index in [4.69, 9.17) is 4.42 Å². The Bertz CT molecular complexity index is 1030. The molecule has 0 spiro atoms. The predicted molar refractivity (Wildman–Crippen MR) is 131 cm³/mol. The van der Waals surface area contributed by atoms with E-state index in [1.807, 2.05) is 69.3 Å². The van der Waals surface area contributed by atoms with Gasteiger partial charge in [0, 0.05) is 18.8 Å². The Labute approximate surface area is 196 Å². The van der Waals surface area contributed by atoms with Crippen LogP contribution in [-0.4, -0.2) is 41.4 Å². The zero-order valence-corrected chi connectivity index (χ0v) is 19.7. The molecule has 0 aliphatic heterocycles. The lowest BCUT2D eigenvalue weighted by Crippen LogP contribution is -2.45. The number of urea groups is 1. The minimum Gasteiger partial charge on any atom is -0.467 e. The molecule has 2 aromatic carbocycles. The maximum Gasteiger partial charge on any atom is 0.322 e. The number of rotatable bonds is 10. The molecule has 3 amide bonds. The summed E-state index contributed by atoms with van der Waals surface area (Å²) in [6.07, 6.45) is 3.10. The second-order valence-electron chi connectivity index (χ2n) is 8.23. The van der Waals surface area contributed by atoms with Gasteiger partial charge < -0.3 is 19.5 Å². The number of hydrogen-bond donors (Lipinski definition) is 1. The second kappa shape index (κ2) is 11.9. The lowest BCUT2D eigenvalue weighted by atomic mass is 10.1. The number of aryl methyl sites for hydroxylation is 1. The predicted octanol–water partition coefficient (Wildman–Crippen LogP) is 5.41. The van der Waals surface area contributed by atoms with Crippen LogP contribution in [0.4, 0.5) is 10.5 Å². The van der Waals surface area contributed by atoms with Crippen molar-refractivity contribution in [3.05, 3.63) is 89.4 Å². The highest BCUT2D eigenvalue weighted by Gasteiger charge is 2.22. The van der Waals surface area contributed by atoms with Gasteiger partial charge in [0.15, 0.2) is 0 Å². The number of furan rings is 1. The van der Waals surface area contributed by atoms with E-state index < -0.39 is 0 Å². The van der Waals surface area contributed by atoms with E-state index in [-0.39, 0.29) is 18.5 Å². The van der Waals surface area contributed by atoms with Crippen LogP contribution in [0.3, 0.4) is 0 Å². The van der Waals surface area contributed by atoms with Crippen LogP contribution in [-0.2, 0) is 17.8 Å². The van der Waals surface area contributed by atoms with Crippen molar-refractivity contribution in [3.63, 3.8) is 0 Å². The Kier molecular flexibility index (Phi) is 8.70. The molecule has 174 valence electrons. The summed E-state index contributed by atoms with van der Waals surface area (Å²) in [4.78, 5) is 29.7. The fourth-order valence-corrected chi connectivity index (χ4v) is 3.66. The van der Waals surface area contributed by atoms with Gasteiger partial charge in [-0.1, -0.05) is 49.4 Å². The molecule has 0 saturated heterocycles. The molecule has 6 nitrogen and oxygen atoms in total. The van der Waals surface area contributed by atoms with E-state index in [0.717, 1.165) is 41.0 Å². The first-order chi connectivity index (χ1) is 16.0. The number of amides is 3. The van der Waals surface area contributed by atoms with Gasteiger partial charge in [-0.3, -0.25) is 4.79 Å². The van der Waals surface area contributed by atoms with Crippen molar-refractivity contribution in [1.29, 1.82) is 0 Å². The number of anilines is 1. The first-order valence-electron chi connectivity index (χ1n) is 11.4. The van der Waals surface area contributed by atoms with Crippen molar-refractivity contribution in [3.8, 4) is 0 Å². The third kappa shape index (κ3) is 6.97. The van der Waals surface area contributed by atoms with E-state index in [1.165, 1.54) is 0 Å². The number of hydrogen-bond acceptors (Lipinski definition) is 3. The highest BCUT2D eigenvalue weighted by atomic mass is 16.3. The molecule has 6 heteroatoms. The molecule has 0 saturated carbocycles. The zero-order chi connectivity index (χ0) is 23.6. The normalized spacial score (nSPS) is 10.6. The minimum absolute atomic E-state index is 0.0139. The van der Waals surface area contributed by atoms with Gasteiger partial charge in [-0.15, -0.1) is 0 Å². The molecule has 0 aliphatic carbocycles. The SMILES string of the molecule is CCCN(CC(=O)N(CCc1ccccc1)Cc1ccco1)C(=O)Nc1cccc(C)c1C. The molecule has 0 atom stereocenters. The van der Waals surface area contributed by atoms with Crippen molar-refractivity contribution in [2.24, 2.45) is 0 Å². The van der Waals surface area contributed by atoms with E-state index in [0.29, 0.717) is 19.6 Å². The second-order valence-corrected chi connectivity index (χ2v) is 8.23. The summed E-state index contributed by atoms with van der Waals surface area (Å²) in [6, 6.07) is 19.3. The molecule has 3 rings (SSSR count). The summed E-state index contributed by atoms with van der Waals surface area (Å²) in [5, 5.41) is 2.98. The molecule has 0 aliphatic rings. The Morgan fingerprint density at radius 3 is 2.39 bits per heavy atom. The monoisotopic (exact) mass is 447 g/mol. The number of carbonyl (C=O) groups excluding carboxylic acids is 2. The molecule has 1 N–H and O–H groups in total. The molecule has 1 aromatic heterocycles. The van der Waals surface area contributed by atoms with Gasteiger partial charge in [0.1, 0.15) is 12.3 Å². The highest BCUT2D eigenvalue weighted by Crippen LogP contribution is 2.18. The summed E-state index contributed by atoms with van der Waals surface area (Å²) < 4.78 is 5.48. The first kappa shape index (κ1) is 24.1. The third-order valence-corrected chi connectivity index (χ3v) is 5.75.